The Hall–Kier alpha value is -2.66. The highest BCUT2D eigenvalue weighted by molar-refractivity contribution is 6.39. The fraction of sp³-hybridized carbons (Fsp3) is 0.300. The molecule has 0 aliphatic carbocycles. The lowest BCUT2D eigenvalue weighted by molar-refractivity contribution is -0.136. The van der Waals surface area contributed by atoms with E-state index in [4.69, 9.17) is 4.74 Å². The maximum absolute atomic E-state index is 12.2. The van der Waals surface area contributed by atoms with Crippen LogP contribution in [0.25, 0.3) is 0 Å². The normalized spacial score (nSPS) is 13.0. The van der Waals surface area contributed by atoms with Crippen molar-refractivity contribution in [2.75, 3.05) is 12.4 Å². The number of hydrogen-bond acceptors (Lipinski definition) is 3. The third-order valence-corrected chi connectivity index (χ3v) is 4.18. The first-order valence-corrected chi connectivity index (χ1v) is 8.22. The number of carbonyl (C=O) groups is 2. The molecule has 0 fully saturated rings. The number of ether oxygens (including phenoxy) is 1. The highest BCUT2D eigenvalue weighted by atomic mass is 16.5. The molecule has 0 radical (unpaired) electrons. The first kappa shape index (κ1) is 18.7. The molecule has 0 heterocycles. The van der Waals surface area contributed by atoms with Crippen LogP contribution < -0.4 is 10.6 Å². The van der Waals surface area contributed by atoms with Crippen molar-refractivity contribution >= 4 is 17.5 Å². The van der Waals surface area contributed by atoms with Gasteiger partial charge in [-0.15, -0.1) is 0 Å². The van der Waals surface area contributed by atoms with E-state index in [0.29, 0.717) is 5.69 Å². The standard InChI is InChI=1S/C20H24N2O3/c1-13-8-5-6-11-18(13)14(2)21-19(23)20(24)22-17-10-7-9-16(12-17)15(3)25-4/h5-12,14-15H,1-4H3,(H,21,23)(H,22,24)/t14-,15+/m0/s1. The number of hydrogen-bond donors (Lipinski definition) is 2. The van der Waals surface area contributed by atoms with Gasteiger partial charge in [0, 0.05) is 12.8 Å². The highest BCUT2D eigenvalue weighted by Gasteiger charge is 2.18. The summed E-state index contributed by atoms with van der Waals surface area (Å²) in [5.74, 6) is -1.36. The van der Waals surface area contributed by atoms with Crippen molar-refractivity contribution in [3.05, 3.63) is 65.2 Å². The molecule has 0 spiro atoms. The van der Waals surface area contributed by atoms with Crippen LogP contribution in [0.4, 0.5) is 5.69 Å². The number of nitrogens with one attached hydrogen (secondary N) is 2. The quantitative estimate of drug-likeness (QED) is 0.819. The van der Waals surface area contributed by atoms with E-state index in [1.807, 2.05) is 57.2 Å². The first-order valence-electron chi connectivity index (χ1n) is 8.22. The molecule has 5 nitrogen and oxygen atoms in total. The SMILES string of the molecule is CO[C@H](C)c1cccc(NC(=O)C(=O)N[C@@H](C)c2ccccc2C)c1. The summed E-state index contributed by atoms with van der Waals surface area (Å²) in [6, 6.07) is 14.8. The third-order valence-electron chi connectivity index (χ3n) is 4.18. The summed E-state index contributed by atoms with van der Waals surface area (Å²) in [5.41, 5.74) is 3.54. The van der Waals surface area contributed by atoms with Crippen LogP contribution in [0, 0.1) is 6.92 Å². The smallest absolute Gasteiger partial charge is 0.313 e. The van der Waals surface area contributed by atoms with Crippen molar-refractivity contribution in [2.45, 2.75) is 32.9 Å². The van der Waals surface area contributed by atoms with Crippen molar-refractivity contribution in [1.29, 1.82) is 0 Å². The van der Waals surface area contributed by atoms with E-state index in [1.54, 1.807) is 19.2 Å². The van der Waals surface area contributed by atoms with Gasteiger partial charge in [0.2, 0.25) is 0 Å². The Morgan fingerprint density at radius 2 is 1.72 bits per heavy atom. The molecule has 5 heteroatoms. The predicted molar refractivity (Wildman–Crippen MR) is 98.2 cm³/mol. The molecule has 25 heavy (non-hydrogen) atoms. The average molecular weight is 340 g/mol. The molecule has 0 unspecified atom stereocenters. The van der Waals surface area contributed by atoms with Crippen LogP contribution in [0.5, 0.6) is 0 Å². The summed E-state index contributed by atoms with van der Waals surface area (Å²) in [4.78, 5) is 24.3. The Morgan fingerprint density at radius 1 is 1.00 bits per heavy atom. The van der Waals surface area contributed by atoms with Crippen molar-refractivity contribution in [3.63, 3.8) is 0 Å². The minimum Gasteiger partial charge on any atom is -0.377 e. The Labute approximate surface area is 148 Å². The lowest BCUT2D eigenvalue weighted by atomic mass is 10.0. The van der Waals surface area contributed by atoms with E-state index in [0.717, 1.165) is 16.7 Å². The maximum Gasteiger partial charge on any atom is 0.313 e. The molecule has 2 amide bonds. The second kappa shape index (κ2) is 8.44. The Morgan fingerprint density at radius 3 is 2.40 bits per heavy atom. The van der Waals surface area contributed by atoms with Gasteiger partial charge in [0.05, 0.1) is 12.1 Å². The van der Waals surface area contributed by atoms with Crippen LogP contribution in [-0.4, -0.2) is 18.9 Å². The summed E-state index contributed by atoms with van der Waals surface area (Å²) in [5, 5.41) is 5.36. The van der Waals surface area contributed by atoms with E-state index in [-0.39, 0.29) is 12.1 Å². The van der Waals surface area contributed by atoms with Crippen LogP contribution in [0.15, 0.2) is 48.5 Å². The van der Waals surface area contributed by atoms with Gasteiger partial charge in [-0.2, -0.15) is 0 Å². The molecule has 2 atom stereocenters. The number of methoxy groups -OCH3 is 1. The summed E-state index contributed by atoms with van der Waals surface area (Å²) in [6.45, 7) is 5.74. The number of anilines is 1. The summed E-state index contributed by atoms with van der Waals surface area (Å²) < 4.78 is 5.26. The highest BCUT2D eigenvalue weighted by Crippen LogP contribution is 2.20. The Bertz CT molecular complexity index is 758. The zero-order valence-electron chi connectivity index (χ0n) is 15.0. The van der Waals surface area contributed by atoms with Gasteiger partial charge < -0.3 is 15.4 Å². The average Bonchev–Trinajstić information content (AvgIpc) is 2.61. The van der Waals surface area contributed by atoms with Crippen LogP contribution in [0.2, 0.25) is 0 Å². The number of carbonyl (C=O) groups excluding carboxylic acids is 2. The number of amides is 2. The van der Waals surface area contributed by atoms with Gasteiger partial charge in [-0.05, 0) is 49.6 Å². The van der Waals surface area contributed by atoms with Gasteiger partial charge in [-0.25, -0.2) is 0 Å². The molecule has 0 aromatic heterocycles. The van der Waals surface area contributed by atoms with E-state index >= 15 is 0 Å². The van der Waals surface area contributed by atoms with E-state index in [2.05, 4.69) is 10.6 Å². The van der Waals surface area contributed by atoms with Crippen molar-refractivity contribution in [2.24, 2.45) is 0 Å². The van der Waals surface area contributed by atoms with E-state index in [1.165, 1.54) is 0 Å². The van der Waals surface area contributed by atoms with Crippen molar-refractivity contribution < 1.29 is 14.3 Å². The topological polar surface area (TPSA) is 67.4 Å². The summed E-state index contributed by atoms with van der Waals surface area (Å²) >= 11 is 0. The molecule has 132 valence electrons. The lowest BCUT2D eigenvalue weighted by Gasteiger charge is -2.16. The van der Waals surface area contributed by atoms with Crippen molar-refractivity contribution in [3.8, 4) is 0 Å². The molecule has 2 aromatic rings. The molecule has 0 bridgehead atoms. The van der Waals surface area contributed by atoms with Crippen LogP contribution >= 0.6 is 0 Å². The van der Waals surface area contributed by atoms with Gasteiger partial charge in [-0.1, -0.05) is 36.4 Å². The Kier molecular flexibility index (Phi) is 6.31. The van der Waals surface area contributed by atoms with E-state index < -0.39 is 11.8 Å². The molecule has 2 aromatic carbocycles. The van der Waals surface area contributed by atoms with Gasteiger partial charge >= 0.3 is 11.8 Å². The van der Waals surface area contributed by atoms with Gasteiger partial charge in [0.1, 0.15) is 0 Å². The fourth-order valence-electron chi connectivity index (χ4n) is 2.61. The second-order valence-electron chi connectivity index (χ2n) is 6.01. The first-order chi connectivity index (χ1) is 11.9. The molecule has 2 rings (SSSR count). The molecular weight excluding hydrogens is 316 g/mol. The van der Waals surface area contributed by atoms with Gasteiger partial charge in [0.15, 0.2) is 0 Å². The fourth-order valence-corrected chi connectivity index (χ4v) is 2.61. The molecular formula is C20H24N2O3. The second-order valence-corrected chi connectivity index (χ2v) is 6.01. The predicted octanol–water partition coefficient (Wildman–Crippen LogP) is 3.52. The van der Waals surface area contributed by atoms with E-state index in [9.17, 15) is 9.59 Å². The van der Waals surface area contributed by atoms with Gasteiger partial charge in [0.25, 0.3) is 0 Å². The minimum atomic E-state index is -0.692. The Balaban J connectivity index is 2.01. The molecule has 0 saturated heterocycles. The monoisotopic (exact) mass is 340 g/mol. The summed E-state index contributed by atoms with van der Waals surface area (Å²) in [7, 11) is 1.62. The zero-order valence-corrected chi connectivity index (χ0v) is 15.0. The van der Waals surface area contributed by atoms with Crippen LogP contribution in [0.1, 0.15) is 42.7 Å². The van der Waals surface area contributed by atoms with Crippen LogP contribution in [-0.2, 0) is 14.3 Å². The summed E-state index contributed by atoms with van der Waals surface area (Å²) in [6.07, 6.45) is -0.0910. The maximum atomic E-state index is 12.2. The van der Waals surface area contributed by atoms with Gasteiger partial charge in [-0.3, -0.25) is 9.59 Å². The molecule has 0 aliphatic heterocycles. The molecule has 2 N–H and O–H groups in total. The zero-order chi connectivity index (χ0) is 18.4. The molecule has 0 saturated carbocycles. The number of aryl methyl sites for hydroxylation is 1. The third kappa shape index (κ3) is 4.90. The minimum absolute atomic E-state index is 0.0910. The van der Waals surface area contributed by atoms with Crippen molar-refractivity contribution in [1.82, 2.24) is 5.32 Å². The molecule has 0 aliphatic rings. The number of rotatable bonds is 5. The lowest BCUT2D eigenvalue weighted by Crippen LogP contribution is -2.37. The number of benzene rings is 2. The largest absolute Gasteiger partial charge is 0.377 e. The van der Waals surface area contributed by atoms with Crippen LogP contribution in [0.3, 0.4) is 0 Å².